The van der Waals surface area contributed by atoms with Gasteiger partial charge in [0.1, 0.15) is 5.69 Å². The molecule has 158 valence electrons. The number of hydrogen-bond donors (Lipinski definition) is 1. The third kappa shape index (κ3) is 4.26. The number of ketones is 1. The van der Waals surface area contributed by atoms with E-state index in [0.717, 1.165) is 23.5 Å². The molecule has 1 aromatic heterocycles. The van der Waals surface area contributed by atoms with Crippen LogP contribution in [0.15, 0.2) is 55.1 Å². The van der Waals surface area contributed by atoms with E-state index in [0.29, 0.717) is 18.7 Å². The van der Waals surface area contributed by atoms with E-state index < -0.39 is 0 Å². The number of benzene rings is 2. The van der Waals surface area contributed by atoms with E-state index in [9.17, 15) is 9.59 Å². The zero-order valence-electron chi connectivity index (χ0n) is 17.4. The fourth-order valence-electron chi connectivity index (χ4n) is 3.86. The van der Waals surface area contributed by atoms with Gasteiger partial charge in [-0.05, 0) is 23.9 Å². The Morgan fingerprint density at radius 2 is 2.00 bits per heavy atom. The summed E-state index contributed by atoms with van der Waals surface area (Å²) in [5, 5.41) is 5.13. The summed E-state index contributed by atoms with van der Waals surface area (Å²) in [4.78, 5) is 35.3. The maximum absolute atomic E-state index is 12.8. The zero-order chi connectivity index (χ0) is 21.8. The van der Waals surface area contributed by atoms with Crippen LogP contribution in [0.5, 0.6) is 6.01 Å². The Morgan fingerprint density at radius 3 is 2.81 bits per heavy atom. The smallest absolute Gasteiger partial charge is 0.317 e. The number of nitrogens with zero attached hydrogens (tertiary/aromatic N) is 3. The van der Waals surface area contributed by atoms with Crippen LogP contribution in [0, 0.1) is 0 Å². The second-order valence-electron chi connectivity index (χ2n) is 7.33. The Kier molecular flexibility index (Phi) is 5.93. The van der Waals surface area contributed by atoms with Crippen LogP contribution in [0.2, 0.25) is 0 Å². The fourth-order valence-corrected chi connectivity index (χ4v) is 3.86. The van der Waals surface area contributed by atoms with Crippen molar-refractivity contribution in [2.75, 3.05) is 25.1 Å². The summed E-state index contributed by atoms with van der Waals surface area (Å²) >= 11 is 0. The molecular formula is C24H24N4O3. The lowest BCUT2D eigenvalue weighted by molar-refractivity contribution is -0.114. The van der Waals surface area contributed by atoms with E-state index in [4.69, 9.17) is 4.74 Å². The average Bonchev–Trinajstić information content (AvgIpc) is 2.82. The van der Waals surface area contributed by atoms with Crippen LogP contribution in [0.4, 0.5) is 5.69 Å². The Balaban J connectivity index is 1.62. The molecule has 0 fully saturated rings. The third-order valence-electron chi connectivity index (χ3n) is 5.43. The van der Waals surface area contributed by atoms with E-state index in [1.807, 2.05) is 12.1 Å². The van der Waals surface area contributed by atoms with Gasteiger partial charge in [0.15, 0.2) is 5.78 Å². The van der Waals surface area contributed by atoms with Crippen LogP contribution in [-0.4, -0.2) is 41.9 Å². The summed E-state index contributed by atoms with van der Waals surface area (Å²) in [7, 11) is 1.48. The Labute approximate surface area is 180 Å². The summed E-state index contributed by atoms with van der Waals surface area (Å²) in [6.45, 7) is 4.97. The first-order valence-corrected chi connectivity index (χ1v) is 10.2. The Hall–Kier alpha value is -3.74. The number of fused-ring (bicyclic) bond motifs is 2. The molecule has 1 aliphatic rings. The lowest BCUT2D eigenvalue weighted by Crippen LogP contribution is -2.35. The minimum absolute atomic E-state index is 0.117. The van der Waals surface area contributed by atoms with Crippen molar-refractivity contribution in [3.8, 4) is 6.01 Å². The first kappa shape index (κ1) is 20.5. The molecule has 0 radical (unpaired) electrons. The number of carbonyl (C=O) groups is 2. The summed E-state index contributed by atoms with van der Waals surface area (Å²) in [5.74, 6) is -0.444. The van der Waals surface area contributed by atoms with Gasteiger partial charge in [-0.15, -0.1) is 0 Å². The topological polar surface area (TPSA) is 84.4 Å². The average molecular weight is 416 g/mol. The van der Waals surface area contributed by atoms with Gasteiger partial charge in [0, 0.05) is 36.1 Å². The van der Waals surface area contributed by atoms with Crippen molar-refractivity contribution < 1.29 is 14.3 Å². The molecule has 2 aromatic carbocycles. The fraction of sp³-hybridized carbons (Fsp3) is 0.250. The number of nitrogens with one attached hydrogen (secondary N) is 1. The standard InChI is InChI=1S/C24H24N4O3/c1-3-17(29)11-13-25-23(30)22-19-12-14-28(15-20(19)26-24(27-22)31-2)21-10-6-8-16-7-4-5-9-18(16)21/h3-10H,1,11-15H2,2H3,(H,25,30). The molecule has 0 unspecified atom stereocenters. The molecule has 3 aromatic rings. The highest BCUT2D eigenvalue weighted by Gasteiger charge is 2.26. The SMILES string of the molecule is C=CC(=O)CCNC(=O)c1nc(OC)nc2c1CCN(c1cccc3ccccc13)C2. The number of anilines is 1. The quantitative estimate of drug-likeness (QED) is 0.596. The van der Waals surface area contributed by atoms with Crippen molar-refractivity contribution in [2.45, 2.75) is 19.4 Å². The van der Waals surface area contributed by atoms with E-state index in [1.165, 1.54) is 24.0 Å². The molecule has 7 heteroatoms. The first-order valence-electron chi connectivity index (χ1n) is 10.2. The second-order valence-corrected chi connectivity index (χ2v) is 7.33. The van der Waals surface area contributed by atoms with Gasteiger partial charge >= 0.3 is 6.01 Å². The van der Waals surface area contributed by atoms with Gasteiger partial charge < -0.3 is 15.0 Å². The summed E-state index contributed by atoms with van der Waals surface area (Å²) in [6, 6.07) is 14.7. The van der Waals surface area contributed by atoms with E-state index in [1.54, 1.807) is 0 Å². The minimum Gasteiger partial charge on any atom is -0.467 e. The van der Waals surface area contributed by atoms with Crippen molar-refractivity contribution in [3.63, 3.8) is 0 Å². The Morgan fingerprint density at radius 1 is 1.19 bits per heavy atom. The number of allylic oxidation sites excluding steroid dienone is 1. The molecule has 0 saturated carbocycles. The molecule has 2 heterocycles. The van der Waals surface area contributed by atoms with Crippen molar-refractivity contribution >= 4 is 28.2 Å². The second kappa shape index (κ2) is 8.95. The molecule has 1 N–H and O–H groups in total. The minimum atomic E-state index is -0.326. The van der Waals surface area contributed by atoms with Gasteiger partial charge in [0.2, 0.25) is 0 Å². The molecule has 0 saturated heterocycles. The lowest BCUT2D eigenvalue weighted by atomic mass is 10.00. The van der Waals surface area contributed by atoms with Gasteiger partial charge in [-0.25, -0.2) is 0 Å². The van der Waals surface area contributed by atoms with Gasteiger partial charge in [-0.1, -0.05) is 43.0 Å². The molecule has 0 spiro atoms. The lowest BCUT2D eigenvalue weighted by Gasteiger charge is -2.31. The van der Waals surface area contributed by atoms with Crippen LogP contribution >= 0.6 is 0 Å². The normalized spacial score (nSPS) is 12.9. The van der Waals surface area contributed by atoms with Gasteiger partial charge in [0.05, 0.1) is 19.3 Å². The predicted octanol–water partition coefficient (Wildman–Crippen LogP) is 3.08. The number of hydrogen-bond acceptors (Lipinski definition) is 6. The largest absolute Gasteiger partial charge is 0.467 e. The van der Waals surface area contributed by atoms with Crippen molar-refractivity contribution in [1.82, 2.24) is 15.3 Å². The first-order chi connectivity index (χ1) is 15.1. The summed E-state index contributed by atoms with van der Waals surface area (Å²) in [6.07, 6.45) is 2.09. The van der Waals surface area contributed by atoms with Crippen LogP contribution < -0.4 is 15.0 Å². The Bertz CT molecular complexity index is 1150. The van der Waals surface area contributed by atoms with Crippen molar-refractivity contribution in [1.29, 1.82) is 0 Å². The maximum atomic E-state index is 12.8. The molecular weight excluding hydrogens is 392 g/mol. The molecule has 0 atom stereocenters. The molecule has 1 aliphatic heterocycles. The van der Waals surface area contributed by atoms with E-state index in [-0.39, 0.29) is 30.7 Å². The van der Waals surface area contributed by atoms with Crippen LogP contribution in [0.25, 0.3) is 10.8 Å². The zero-order valence-corrected chi connectivity index (χ0v) is 17.4. The van der Waals surface area contributed by atoms with Gasteiger partial charge in [0.25, 0.3) is 5.91 Å². The number of amides is 1. The number of ether oxygens (including phenoxy) is 1. The van der Waals surface area contributed by atoms with E-state index >= 15 is 0 Å². The summed E-state index contributed by atoms with van der Waals surface area (Å²) in [5.41, 5.74) is 3.05. The van der Waals surface area contributed by atoms with Crippen LogP contribution in [-0.2, 0) is 17.8 Å². The van der Waals surface area contributed by atoms with Crippen LogP contribution in [0.1, 0.15) is 28.2 Å². The molecule has 4 rings (SSSR count). The number of aromatic nitrogens is 2. The third-order valence-corrected chi connectivity index (χ3v) is 5.43. The van der Waals surface area contributed by atoms with Gasteiger partial charge in [-0.2, -0.15) is 9.97 Å². The molecule has 31 heavy (non-hydrogen) atoms. The monoisotopic (exact) mass is 416 g/mol. The van der Waals surface area contributed by atoms with Crippen molar-refractivity contribution in [3.05, 3.63) is 72.1 Å². The van der Waals surface area contributed by atoms with E-state index in [2.05, 4.69) is 57.1 Å². The predicted molar refractivity (Wildman–Crippen MR) is 119 cm³/mol. The highest BCUT2D eigenvalue weighted by Crippen LogP contribution is 2.31. The number of rotatable bonds is 7. The highest BCUT2D eigenvalue weighted by molar-refractivity contribution is 5.96. The number of carbonyl (C=O) groups excluding carboxylic acids is 2. The maximum Gasteiger partial charge on any atom is 0.317 e. The molecule has 7 nitrogen and oxygen atoms in total. The van der Waals surface area contributed by atoms with Crippen LogP contribution in [0.3, 0.4) is 0 Å². The molecule has 0 aliphatic carbocycles. The van der Waals surface area contributed by atoms with Gasteiger partial charge in [-0.3, -0.25) is 9.59 Å². The summed E-state index contributed by atoms with van der Waals surface area (Å²) < 4.78 is 5.25. The number of methoxy groups -OCH3 is 1. The van der Waals surface area contributed by atoms with Crippen molar-refractivity contribution in [2.24, 2.45) is 0 Å². The molecule has 1 amide bonds. The highest BCUT2D eigenvalue weighted by atomic mass is 16.5. The molecule has 0 bridgehead atoms.